The third kappa shape index (κ3) is 2.86. The first-order chi connectivity index (χ1) is 11.7. The van der Waals surface area contributed by atoms with E-state index < -0.39 is 0 Å². The largest absolute Gasteiger partial charge is 0.343 e. The number of hydrogen-bond acceptors (Lipinski definition) is 3. The average molecular weight is 334 g/mol. The van der Waals surface area contributed by atoms with E-state index in [1.807, 2.05) is 36.4 Å². The zero-order valence-corrected chi connectivity index (χ0v) is 13.5. The van der Waals surface area contributed by atoms with E-state index in [4.69, 9.17) is 0 Å². The maximum atomic E-state index is 11.7. The maximum Gasteiger partial charge on any atom is 0.291 e. The molecule has 2 aromatic carbocycles. The van der Waals surface area contributed by atoms with E-state index in [2.05, 4.69) is 34.3 Å². The lowest BCUT2D eigenvalue weighted by Crippen LogP contribution is -2.10. The molecule has 1 aromatic heterocycles. The maximum absolute atomic E-state index is 11.7. The molecular formula is C19H14N2O2S. The van der Waals surface area contributed by atoms with Crippen LogP contribution in [0.1, 0.15) is 11.1 Å². The second kappa shape index (κ2) is 6.02. The van der Waals surface area contributed by atoms with Gasteiger partial charge in [0.15, 0.2) is 0 Å². The fourth-order valence-corrected chi connectivity index (χ4v) is 3.36. The molecule has 24 heavy (non-hydrogen) atoms. The van der Waals surface area contributed by atoms with E-state index in [1.165, 1.54) is 5.56 Å². The number of nitrogens with one attached hydrogen (secondary N) is 1. The minimum Gasteiger partial charge on any atom is -0.343 e. The summed E-state index contributed by atoms with van der Waals surface area (Å²) in [5.74, 6) is 0. The fourth-order valence-electron chi connectivity index (χ4n) is 2.81. The molecule has 5 heteroatoms. The summed E-state index contributed by atoms with van der Waals surface area (Å²) in [6, 6.07) is 18.4. The van der Waals surface area contributed by atoms with E-state index in [9.17, 15) is 9.59 Å². The Bertz CT molecular complexity index is 973. The number of nitrogens with zero attached hydrogens (tertiary/aromatic N) is 1. The molecule has 1 aliphatic rings. The molecule has 4 rings (SSSR count). The van der Waals surface area contributed by atoms with Gasteiger partial charge in [0, 0.05) is 35.4 Å². The number of aromatic nitrogens is 1. The number of amides is 1. The van der Waals surface area contributed by atoms with Crippen molar-refractivity contribution in [2.45, 2.75) is 6.54 Å². The average Bonchev–Trinajstić information content (AvgIpc) is 3.11. The molecule has 0 spiro atoms. The minimum absolute atomic E-state index is 0.234. The summed E-state index contributed by atoms with van der Waals surface area (Å²) < 4.78 is 2.19. The molecule has 0 atom stereocenters. The SMILES string of the molecule is O=C1NC(=Cc2ccc3c(ccn3Cc3ccccc3)c2)C(=O)S1. The van der Waals surface area contributed by atoms with Crippen LogP contribution in [0.2, 0.25) is 0 Å². The van der Waals surface area contributed by atoms with Crippen molar-refractivity contribution in [2.75, 3.05) is 0 Å². The number of benzene rings is 2. The second-order valence-corrected chi connectivity index (χ2v) is 6.55. The van der Waals surface area contributed by atoms with Crippen molar-refractivity contribution in [2.24, 2.45) is 0 Å². The van der Waals surface area contributed by atoms with Crippen LogP contribution in [0, 0.1) is 0 Å². The van der Waals surface area contributed by atoms with Crippen molar-refractivity contribution in [3.05, 3.63) is 77.6 Å². The minimum atomic E-state index is -0.318. The first-order valence-corrected chi connectivity index (χ1v) is 8.38. The predicted molar refractivity (Wildman–Crippen MR) is 96.6 cm³/mol. The molecule has 1 N–H and O–H groups in total. The Balaban J connectivity index is 1.65. The van der Waals surface area contributed by atoms with E-state index in [0.717, 1.165) is 23.0 Å². The van der Waals surface area contributed by atoms with Crippen LogP contribution in [0.15, 0.2) is 66.5 Å². The van der Waals surface area contributed by atoms with Crippen LogP contribution in [0.5, 0.6) is 0 Å². The highest BCUT2D eigenvalue weighted by Crippen LogP contribution is 2.23. The van der Waals surface area contributed by atoms with Crippen molar-refractivity contribution >= 4 is 39.1 Å². The van der Waals surface area contributed by atoms with Gasteiger partial charge in [0.1, 0.15) is 0 Å². The fraction of sp³-hybridized carbons (Fsp3) is 0.0526. The predicted octanol–water partition coefficient (Wildman–Crippen LogP) is 4.01. The van der Waals surface area contributed by atoms with Gasteiger partial charge in [0.25, 0.3) is 5.24 Å². The molecule has 0 bridgehead atoms. The Morgan fingerprint density at radius 2 is 1.88 bits per heavy atom. The van der Waals surface area contributed by atoms with Gasteiger partial charge in [0.05, 0.1) is 5.70 Å². The number of carbonyl (C=O) groups excluding carboxylic acids is 2. The van der Waals surface area contributed by atoms with Crippen LogP contribution in [0.3, 0.4) is 0 Å². The van der Waals surface area contributed by atoms with Gasteiger partial charge in [-0.1, -0.05) is 36.4 Å². The van der Waals surface area contributed by atoms with Gasteiger partial charge < -0.3 is 9.88 Å². The van der Waals surface area contributed by atoms with Crippen molar-refractivity contribution in [1.29, 1.82) is 0 Å². The molecule has 0 aliphatic carbocycles. The topological polar surface area (TPSA) is 51.1 Å². The molecule has 1 amide bonds. The van der Waals surface area contributed by atoms with Crippen LogP contribution in [0.4, 0.5) is 4.79 Å². The van der Waals surface area contributed by atoms with Gasteiger partial charge in [-0.3, -0.25) is 9.59 Å². The van der Waals surface area contributed by atoms with Crippen LogP contribution in [0.25, 0.3) is 17.0 Å². The summed E-state index contributed by atoms with van der Waals surface area (Å²) in [6.07, 6.45) is 3.78. The molecule has 118 valence electrons. The monoisotopic (exact) mass is 334 g/mol. The molecule has 1 saturated heterocycles. The Morgan fingerprint density at radius 1 is 1.04 bits per heavy atom. The van der Waals surface area contributed by atoms with Gasteiger partial charge in [0.2, 0.25) is 5.12 Å². The van der Waals surface area contributed by atoms with Crippen molar-refractivity contribution in [3.8, 4) is 0 Å². The van der Waals surface area contributed by atoms with Gasteiger partial charge in [-0.25, -0.2) is 0 Å². The smallest absolute Gasteiger partial charge is 0.291 e. The van der Waals surface area contributed by atoms with Gasteiger partial charge in [-0.05, 0) is 35.4 Å². The third-order valence-corrected chi connectivity index (χ3v) is 4.64. The van der Waals surface area contributed by atoms with Crippen molar-refractivity contribution in [1.82, 2.24) is 9.88 Å². The number of thioether (sulfide) groups is 1. The summed E-state index contributed by atoms with van der Waals surface area (Å²) in [6.45, 7) is 0.815. The summed E-state index contributed by atoms with van der Waals surface area (Å²) in [5, 5.41) is 3.12. The quantitative estimate of drug-likeness (QED) is 0.736. The van der Waals surface area contributed by atoms with Crippen LogP contribution in [-0.4, -0.2) is 14.9 Å². The standard InChI is InChI=1S/C19H14N2O2S/c22-18-16(20-19(23)24-18)11-14-6-7-17-15(10-14)8-9-21(17)12-13-4-2-1-3-5-13/h1-11H,12H2,(H,20,23). The highest BCUT2D eigenvalue weighted by molar-refractivity contribution is 8.27. The zero-order chi connectivity index (χ0) is 16.5. The Hall–Kier alpha value is -2.79. The highest BCUT2D eigenvalue weighted by Gasteiger charge is 2.25. The lowest BCUT2D eigenvalue weighted by Gasteiger charge is -2.06. The van der Waals surface area contributed by atoms with E-state index >= 15 is 0 Å². The first kappa shape index (κ1) is 14.8. The van der Waals surface area contributed by atoms with Crippen LogP contribution >= 0.6 is 11.8 Å². The molecule has 4 nitrogen and oxygen atoms in total. The van der Waals surface area contributed by atoms with Gasteiger partial charge >= 0.3 is 0 Å². The molecule has 0 radical (unpaired) electrons. The lowest BCUT2D eigenvalue weighted by molar-refractivity contribution is -0.107. The van der Waals surface area contributed by atoms with Crippen molar-refractivity contribution < 1.29 is 9.59 Å². The third-order valence-electron chi connectivity index (χ3n) is 3.94. The zero-order valence-electron chi connectivity index (χ0n) is 12.7. The molecule has 1 aliphatic heterocycles. The number of hydrogen-bond donors (Lipinski definition) is 1. The summed E-state index contributed by atoms with van der Waals surface area (Å²) in [4.78, 5) is 22.9. The summed E-state index contributed by atoms with van der Waals surface area (Å²) >= 11 is 0.695. The number of rotatable bonds is 3. The van der Waals surface area contributed by atoms with Crippen molar-refractivity contribution in [3.63, 3.8) is 0 Å². The van der Waals surface area contributed by atoms with Gasteiger partial charge in [-0.2, -0.15) is 0 Å². The molecule has 0 saturated carbocycles. The normalized spacial score (nSPS) is 16.1. The molecule has 0 unspecified atom stereocenters. The molecular weight excluding hydrogens is 320 g/mol. The van der Waals surface area contributed by atoms with E-state index in [1.54, 1.807) is 6.08 Å². The van der Waals surface area contributed by atoms with Gasteiger partial charge in [-0.15, -0.1) is 0 Å². The molecule has 1 fully saturated rings. The number of carbonyl (C=O) groups is 2. The van der Waals surface area contributed by atoms with Crippen LogP contribution in [-0.2, 0) is 11.3 Å². The Morgan fingerprint density at radius 3 is 2.62 bits per heavy atom. The molecule has 2 heterocycles. The summed E-state index contributed by atoms with van der Waals surface area (Å²) in [7, 11) is 0. The first-order valence-electron chi connectivity index (χ1n) is 7.57. The Kier molecular flexibility index (Phi) is 3.70. The summed E-state index contributed by atoms with van der Waals surface area (Å²) in [5.41, 5.74) is 3.62. The Labute approximate surface area is 143 Å². The second-order valence-electron chi connectivity index (χ2n) is 5.61. The lowest BCUT2D eigenvalue weighted by atomic mass is 10.1. The highest BCUT2D eigenvalue weighted by atomic mass is 32.2. The van der Waals surface area contributed by atoms with E-state index in [-0.39, 0.29) is 10.4 Å². The van der Waals surface area contributed by atoms with Crippen LogP contribution < -0.4 is 5.32 Å². The van der Waals surface area contributed by atoms with E-state index in [0.29, 0.717) is 17.5 Å². The molecule has 3 aromatic rings. The number of fused-ring (bicyclic) bond motifs is 1.